The number of rotatable bonds is 6. The van der Waals surface area contributed by atoms with Crippen LogP contribution in [0.25, 0.3) is 11.4 Å². The largest absolute Gasteiger partial charge is 0.417 e. The van der Waals surface area contributed by atoms with E-state index in [0.29, 0.717) is 5.82 Å². The molecule has 7 heteroatoms. The first-order valence-corrected chi connectivity index (χ1v) is 13.6. The van der Waals surface area contributed by atoms with Crippen LogP contribution in [0.3, 0.4) is 0 Å². The molecule has 1 N–H and O–H groups in total. The highest BCUT2D eigenvalue weighted by Gasteiger charge is 2.37. The number of benzene rings is 1. The van der Waals surface area contributed by atoms with Gasteiger partial charge in [0.25, 0.3) is 0 Å². The van der Waals surface area contributed by atoms with Crippen molar-refractivity contribution in [3.63, 3.8) is 0 Å². The molecule has 0 atom stereocenters. The molecule has 0 radical (unpaired) electrons. The third-order valence-electron chi connectivity index (χ3n) is 6.76. The smallest absolute Gasteiger partial charge is 0.343 e. The van der Waals surface area contributed by atoms with E-state index in [0.717, 1.165) is 37.6 Å². The van der Waals surface area contributed by atoms with Crippen LogP contribution in [-0.4, -0.2) is 42.8 Å². The van der Waals surface area contributed by atoms with Gasteiger partial charge in [0.1, 0.15) is 0 Å². The van der Waals surface area contributed by atoms with Crippen molar-refractivity contribution in [3.05, 3.63) is 34.7 Å². The Balaban J connectivity index is 1.54. The number of hydrogen-bond donors (Lipinski definition) is 1. The van der Waals surface area contributed by atoms with Gasteiger partial charge in [0.15, 0.2) is 14.1 Å². The molecule has 1 aliphatic heterocycles. The van der Waals surface area contributed by atoms with Gasteiger partial charge >= 0.3 is 5.69 Å². The Bertz CT molecular complexity index is 873. The Kier molecular flexibility index (Phi) is 6.38. The highest BCUT2D eigenvalue weighted by atomic mass is 28.4. The fraction of sp³-hybridized carbons (Fsp3) is 0.636. The molecule has 1 aromatic heterocycles. The third-order valence-corrected chi connectivity index (χ3v) is 11.3. The Hall–Kier alpha value is -1.86. The van der Waals surface area contributed by atoms with E-state index < -0.39 is 8.32 Å². The Morgan fingerprint density at radius 3 is 2.52 bits per heavy atom. The maximum Gasteiger partial charge on any atom is 0.343 e. The van der Waals surface area contributed by atoms with Crippen LogP contribution in [0, 0.1) is 5.92 Å². The summed E-state index contributed by atoms with van der Waals surface area (Å²) in [7, 11) is 0.101. The lowest BCUT2D eigenvalue weighted by Gasteiger charge is -2.37. The van der Waals surface area contributed by atoms with Crippen molar-refractivity contribution in [1.29, 1.82) is 0 Å². The normalized spacial score (nSPS) is 16.4. The van der Waals surface area contributed by atoms with Gasteiger partial charge in [-0.15, -0.1) is 0 Å². The van der Waals surface area contributed by atoms with Gasteiger partial charge in [0.2, 0.25) is 0 Å². The van der Waals surface area contributed by atoms with E-state index in [1.165, 1.54) is 18.5 Å². The van der Waals surface area contributed by atoms with Crippen LogP contribution in [0.4, 0.5) is 5.69 Å². The molecule has 0 aliphatic carbocycles. The molecule has 160 valence electrons. The Morgan fingerprint density at radius 2 is 1.93 bits per heavy atom. The van der Waals surface area contributed by atoms with Crippen molar-refractivity contribution in [2.45, 2.75) is 58.2 Å². The summed E-state index contributed by atoms with van der Waals surface area (Å²) in [5, 5.41) is 6.94. The van der Waals surface area contributed by atoms with Crippen molar-refractivity contribution in [2.24, 2.45) is 13.0 Å². The van der Waals surface area contributed by atoms with Crippen LogP contribution in [0.2, 0.25) is 18.1 Å². The zero-order valence-electron chi connectivity index (χ0n) is 18.8. The summed E-state index contributed by atoms with van der Waals surface area (Å²) in [6.07, 6.45) is 3.56. The number of H-pyrrole nitrogens is 1. The second kappa shape index (κ2) is 8.48. The molecule has 6 nitrogen and oxygen atoms in total. The number of aromatic amines is 1. The molecule has 0 bridgehead atoms. The van der Waals surface area contributed by atoms with Crippen LogP contribution < -0.4 is 10.6 Å². The highest BCUT2D eigenvalue weighted by Crippen LogP contribution is 2.37. The second-order valence-electron chi connectivity index (χ2n) is 9.79. The van der Waals surface area contributed by atoms with Crippen LogP contribution in [0.5, 0.6) is 0 Å². The standard InChI is InChI=1S/C22H36N4O2Si/c1-22(2,3)29(5,6)28-15-12-17-10-13-26(14-11-17)19-9-7-8-18(16-19)20-23-24-21(27)25(20)4/h7-9,16-17H,10-15H2,1-6H3,(H,24,27). The van der Waals surface area contributed by atoms with Crippen molar-refractivity contribution >= 4 is 14.0 Å². The lowest BCUT2D eigenvalue weighted by molar-refractivity contribution is 0.240. The molecule has 1 saturated heterocycles. The first-order chi connectivity index (χ1) is 13.6. The van der Waals surface area contributed by atoms with Gasteiger partial charge in [-0.1, -0.05) is 32.9 Å². The lowest BCUT2D eigenvalue weighted by Crippen LogP contribution is -2.41. The minimum absolute atomic E-state index is 0.189. The number of nitrogens with zero attached hydrogens (tertiary/aromatic N) is 3. The predicted octanol–water partition coefficient (Wildman–Crippen LogP) is 4.40. The first kappa shape index (κ1) is 21.8. The fourth-order valence-corrected chi connectivity index (χ4v) is 4.69. The van der Waals surface area contributed by atoms with E-state index in [-0.39, 0.29) is 10.7 Å². The molecular formula is C22H36N4O2Si. The van der Waals surface area contributed by atoms with E-state index in [1.807, 2.05) is 12.1 Å². The van der Waals surface area contributed by atoms with Crippen molar-refractivity contribution in [2.75, 3.05) is 24.6 Å². The fourth-order valence-electron chi connectivity index (χ4n) is 3.62. The summed E-state index contributed by atoms with van der Waals surface area (Å²) in [4.78, 5) is 14.1. The molecule has 1 fully saturated rings. The van der Waals surface area contributed by atoms with E-state index >= 15 is 0 Å². The molecule has 2 aromatic rings. The van der Waals surface area contributed by atoms with E-state index in [1.54, 1.807) is 11.6 Å². The summed E-state index contributed by atoms with van der Waals surface area (Å²) in [6, 6.07) is 8.33. The summed E-state index contributed by atoms with van der Waals surface area (Å²) in [5.74, 6) is 1.42. The molecule has 0 amide bonds. The lowest BCUT2D eigenvalue weighted by atomic mass is 9.93. The molecule has 1 aromatic carbocycles. The average Bonchev–Trinajstić information content (AvgIpc) is 3.00. The van der Waals surface area contributed by atoms with Crippen LogP contribution in [-0.2, 0) is 11.5 Å². The Morgan fingerprint density at radius 1 is 1.24 bits per heavy atom. The summed E-state index contributed by atoms with van der Waals surface area (Å²) in [6.45, 7) is 14.6. The molecule has 29 heavy (non-hydrogen) atoms. The molecule has 3 rings (SSSR count). The quantitative estimate of drug-likeness (QED) is 0.709. The van der Waals surface area contributed by atoms with Gasteiger partial charge < -0.3 is 9.33 Å². The van der Waals surface area contributed by atoms with E-state index in [4.69, 9.17) is 4.43 Å². The molecule has 1 aliphatic rings. The van der Waals surface area contributed by atoms with Crippen molar-refractivity contribution in [3.8, 4) is 11.4 Å². The molecular weight excluding hydrogens is 380 g/mol. The van der Waals surface area contributed by atoms with Gasteiger partial charge in [-0.25, -0.2) is 9.89 Å². The van der Waals surface area contributed by atoms with Crippen LogP contribution >= 0.6 is 0 Å². The third kappa shape index (κ3) is 5.01. The summed E-state index contributed by atoms with van der Waals surface area (Å²) >= 11 is 0. The van der Waals surface area contributed by atoms with Gasteiger partial charge in [0, 0.05) is 38.0 Å². The van der Waals surface area contributed by atoms with Gasteiger partial charge in [-0.2, -0.15) is 5.10 Å². The SMILES string of the molecule is Cn1c(-c2cccc(N3CCC(CCO[Si](C)(C)C(C)(C)C)CC3)c2)n[nH]c1=O. The van der Waals surface area contributed by atoms with E-state index in [2.05, 4.69) is 61.1 Å². The zero-order chi connectivity index (χ0) is 21.2. The maximum atomic E-state index is 11.7. The second-order valence-corrected chi connectivity index (χ2v) is 14.6. The topological polar surface area (TPSA) is 63.1 Å². The monoisotopic (exact) mass is 416 g/mol. The van der Waals surface area contributed by atoms with Gasteiger partial charge in [0.05, 0.1) is 0 Å². The minimum Gasteiger partial charge on any atom is -0.417 e. The summed E-state index contributed by atoms with van der Waals surface area (Å²) < 4.78 is 7.92. The predicted molar refractivity (Wildman–Crippen MR) is 122 cm³/mol. The van der Waals surface area contributed by atoms with Crippen molar-refractivity contribution < 1.29 is 4.43 Å². The minimum atomic E-state index is -1.64. The number of piperidine rings is 1. The van der Waals surface area contributed by atoms with Gasteiger partial charge in [-0.05, 0) is 55.4 Å². The first-order valence-electron chi connectivity index (χ1n) is 10.7. The molecule has 2 heterocycles. The highest BCUT2D eigenvalue weighted by molar-refractivity contribution is 6.74. The zero-order valence-corrected chi connectivity index (χ0v) is 19.8. The van der Waals surface area contributed by atoms with Gasteiger partial charge in [-0.3, -0.25) is 4.57 Å². The number of hydrogen-bond acceptors (Lipinski definition) is 4. The molecule has 0 unspecified atom stereocenters. The average molecular weight is 417 g/mol. The molecule has 0 spiro atoms. The maximum absolute atomic E-state index is 11.7. The number of aromatic nitrogens is 3. The summed E-state index contributed by atoms with van der Waals surface area (Å²) in [5.41, 5.74) is 1.98. The van der Waals surface area contributed by atoms with E-state index in [9.17, 15) is 4.79 Å². The molecule has 0 saturated carbocycles. The van der Waals surface area contributed by atoms with Crippen LogP contribution in [0.15, 0.2) is 29.1 Å². The number of nitrogens with one attached hydrogen (secondary N) is 1. The van der Waals surface area contributed by atoms with Crippen molar-refractivity contribution in [1.82, 2.24) is 14.8 Å². The Labute approximate surface area is 175 Å². The number of anilines is 1. The van der Waals surface area contributed by atoms with Crippen LogP contribution in [0.1, 0.15) is 40.0 Å².